The molecule has 27 heavy (non-hydrogen) atoms. The van der Waals surface area contributed by atoms with E-state index in [4.69, 9.17) is 15.2 Å². The zero-order valence-corrected chi connectivity index (χ0v) is 18.0. The first-order valence-corrected chi connectivity index (χ1v) is 11.5. The van der Waals surface area contributed by atoms with Crippen molar-refractivity contribution in [2.45, 2.75) is 104 Å². The van der Waals surface area contributed by atoms with E-state index in [1.165, 1.54) is 38.5 Å². The van der Waals surface area contributed by atoms with Crippen molar-refractivity contribution in [1.29, 1.82) is 0 Å². The van der Waals surface area contributed by atoms with Crippen molar-refractivity contribution in [2.75, 3.05) is 0 Å². The van der Waals surface area contributed by atoms with E-state index in [9.17, 15) is 0 Å². The fourth-order valence-electron chi connectivity index (χ4n) is 8.54. The van der Waals surface area contributed by atoms with E-state index in [-0.39, 0.29) is 12.2 Å². The Bertz CT molecular complexity index is 657. The van der Waals surface area contributed by atoms with Gasteiger partial charge in [-0.25, -0.2) is 0 Å². The molecule has 0 radical (unpaired) electrons. The van der Waals surface area contributed by atoms with Gasteiger partial charge in [0.15, 0.2) is 5.79 Å². The van der Waals surface area contributed by atoms with Gasteiger partial charge in [-0.05, 0) is 100 Å². The molecular formula is C24H39NO2. The van der Waals surface area contributed by atoms with Gasteiger partial charge < -0.3 is 15.2 Å². The second-order valence-corrected chi connectivity index (χ2v) is 11.3. The van der Waals surface area contributed by atoms with Crippen LogP contribution in [0.25, 0.3) is 0 Å². The summed E-state index contributed by atoms with van der Waals surface area (Å²) in [6.07, 6.45) is 11.8. The van der Waals surface area contributed by atoms with Crippen LogP contribution in [0.3, 0.4) is 0 Å². The molecule has 3 nitrogen and oxygen atoms in total. The predicted octanol–water partition coefficient (Wildman–Crippen LogP) is 5.04. The summed E-state index contributed by atoms with van der Waals surface area (Å²) in [6.45, 7) is 11.6. The third-order valence-corrected chi connectivity index (χ3v) is 9.77. The van der Waals surface area contributed by atoms with Crippen LogP contribution in [0.1, 0.15) is 79.6 Å². The lowest BCUT2D eigenvalue weighted by Crippen LogP contribution is -2.63. The zero-order chi connectivity index (χ0) is 19.2. The molecule has 4 saturated carbocycles. The number of fused-ring (bicyclic) bond motifs is 8. The van der Waals surface area contributed by atoms with E-state index < -0.39 is 5.79 Å². The Hall–Kier alpha value is -0.380. The van der Waals surface area contributed by atoms with Crippen molar-refractivity contribution in [3.05, 3.63) is 11.6 Å². The van der Waals surface area contributed by atoms with E-state index in [1.807, 2.05) is 0 Å². The Balaban J connectivity index is 1.59. The predicted molar refractivity (Wildman–Crippen MR) is 108 cm³/mol. The maximum Gasteiger partial charge on any atom is 0.163 e. The summed E-state index contributed by atoms with van der Waals surface area (Å²) < 4.78 is 13.3. The second kappa shape index (κ2) is 5.83. The fourth-order valence-corrected chi connectivity index (χ4v) is 8.54. The van der Waals surface area contributed by atoms with Gasteiger partial charge in [-0.3, -0.25) is 0 Å². The SMILES string of the molecule is CC=C1CCC2C3C(CC[C@]12C)[C@@]1(C)CC[C@H](N)CC1[C@H]1OC(C)(C)O[C@H]31. The van der Waals surface area contributed by atoms with Gasteiger partial charge in [-0.1, -0.05) is 25.5 Å². The van der Waals surface area contributed by atoms with E-state index in [2.05, 4.69) is 40.7 Å². The minimum absolute atomic E-state index is 0.231. The highest BCUT2D eigenvalue weighted by molar-refractivity contribution is 5.25. The number of hydrogen-bond acceptors (Lipinski definition) is 3. The molecule has 1 heterocycles. The summed E-state index contributed by atoms with van der Waals surface area (Å²) in [4.78, 5) is 0. The Morgan fingerprint density at radius 2 is 1.67 bits per heavy atom. The first-order chi connectivity index (χ1) is 12.7. The van der Waals surface area contributed by atoms with Crippen molar-refractivity contribution in [2.24, 2.45) is 40.2 Å². The highest BCUT2D eigenvalue weighted by atomic mass is 16.8. The number of allylic oxidation sites excluding steroid dienone is 2. The van der Waals surface area contributed by atoms with Crippen molar-refractivity contribution in [1.82, 2.24) is 0 Å². The van der Waals surface area contributed by atoms with Gasteiger partial charge in [0.05, 0.1) is 12.2 Å². The van der Waals surface area contributed by atoms with Crippen LogP contribution >= 0.6 is 0 Å². The van der Waals surface area contributed by atoms with Crippen molar-refractivity contribution < 1.29 is 9.47 Å². The molecule has 152 valence electrons. The quantitative estimate of drug-likeness (QED) is 0.605. The van der Waals surface area contributed by atoms with Crippen LogP contribution in [0.4, 0.5) is 0 Å². The summed E-state index contributed by atoms with van der Waals surface area (Å²) in [7, 11) is 0. The number of ether oxygens (including phenoxy) is 2. The van der Waals surface area contributed by atoms with Crippen LogP contribution in [-0.2, 0) is 9.47 Å². The fraction of sp³-hybridized carbons (Fsp3) is 0.917. The van der Waals surface area contributed by atoms with Crippen LogP contribution in [0.15, 0.2) is 11.6 Å². The van der Waals surface area contributed by atoms with Crippen molar-refractivity contribution >= 4 is 0 Å². The van der Waals surface area contributed by atoms with Crippen LogP contribution in [0, 0.1) is 34.5 Å². The number of hydrogen-bond donors (Lipinski definition) is 1. The summed E-state index contributed by atoms with van der Waals surface area (Å²) in [5, 5.41) is 0. The van der Waals surface area contributed by atoms with Crippen molar-refractivity contribution in [3.8, 4) is 0 Å². The molecule has 0 aromatic carbocycles. The Labute approximate surface area is 165 Å². The molecule has 0 spiro atoms. The lowest BCUT2D eigenvalue weighted by molar-refractivity contribution is -0.173. The molecule has 0 aromatic rings. The lowest BCUT2D eigenvalue weighted by atomic mass is 9.43. The molecule has 5 fully saturated rings. The van der Waals surface area contributed by atoms with E-state index in [0.29, 0.717) is 28.7 Å². The van der Waals surface area contributed by atoms with Gasteiger partial charge >= 0.3 is 0 Å². The molecule has 5 aliphatic rings. The standard InChI is InChI=1S/C24H39NO2/c1-6-14-7-8-16-19-17(10-12-23(14,16)4)24(5)11-9-15(25)13-18(24)20-21(19)27-22(2,3)26-20/h6,15-21H,7-13,25H2,1-5H3/t15-,16?,17?,18?,19?,20+,21+,23+,24+/m0/s1. The first-order valence-electron chi connectivity index (χ1n) is 11.5. The molecule has 0 aromatic heterocycles. The highest BCUT2D eigenvalue weighted by Crippen LogP contribution is 2.69. The van der Waals surface area contributed by atoms with Crippen LogP contribution in [0.5, 0.6) is 0 Å². The summed E-state index contributed by atoms with van der Waals surface area (Å²) in [6, 6.07) is 0.336. The Morgan fingerprint density at radius 3 is 2.41 bits per heavy atom. The molecular weight excluding hydrogens is 334 g/mol. The van der Waals surface area contributed by atoms with E-state index in [1.54, 1.807) is 5.57 Å². The lowest BCUT2D eigenvalue weighted by Gasteiger charge is -2.63. The first kappa shape index (κ1) is 18.6. The smallest absolute Gasteiger partial charge is 0.163 e. The van der Waals surface area contributed by atoms with Crippen molar-refractivity contribution in [3.63, 3.8) is 0 Å². The molecule has 0 bridgehead atoms. The van der Waals surface area contributed by atoms with Crippen LogP contribution < -0.4 is 5.73 Å². The monoisotopic (exact) mass is 373 g/mol. The summed E-state index contributed by atoms with van der Waals surface area (Å²) in [5.41, 5.74) is 8.91. The summed E-state index contributed by atoms with van der Waals surface area (Å²) in [5.74, 6) is 2.26. The number of nitrogens with two attached hydrogens (primary N) is 1. The van der Waals surface area contributed by atoms with Crippen LogP contribution in [-0.4, -0.2) is 24.0 Å². The highest BCUT2D eigenvalue weighted by Gasteiger charge is 2.67. The molecule has 9 atom stereocenters. The topological polar surface area (TPSA) is 44.5 Å². The van der Waals surface area contributed by atoms with Gasteiger partial charge in [-0.2, -0.15) is 0 Å². The maximum atomic E-state index is 6.69. The molecule has 2 N–H and O–H groups in total. The average Bonchev–Trinajstić information content (AvgIpc) is 3.11. The minimum Gasteiger partial charge on any atom is -0.344 e. The maximum absolute atomic E-state index is 6.69. The molecule has 4 aliphatic carbocycles. The summed E-state index contributed by atoms with van der Waals surface area (Å²) >= 11 is 0. The molecule has 1 aliphatic heterocycles. The second-order valence-electron chi connectivity index (χ2n) is 11.3. The molecule has 3 heteroatoms. The third kappa shape index (κ3) is 2.43. The Morgan fingerprint density at radius 1 is 0.926 bits per heavy atom. The van der Waals surface area contributed by atoms with Gasteiger partial charge in [0.1, 0.15) is 0 Å². The van der Waals surface area contributed by atoms with Gasteiger partial charge in [-0.15, -0.1) is 0 Å². The minimum atomic E-state index is -0.456. The number of rotatable bonds is 0. The van der Waals surface area contributed by atoms with Gasteiger partial charge in [0.25, 0.3) is 0 Å². The Kier molecular flexibility index (Phi) is 4.02. The van der Waals surface area contributed by atoms with Gasteiger partial charge in [0, 0.05) is 6.04 Å². The molecule has 5 rings (SSSR count). The third-order valence-electron chi connectivity index (χ3n) is 9.77. The molecule has 4 unspecified atom stereocenters. The molecule has 0 amide bonds. The van der Waals surface area contributed by atoms with Gasteiger partial charge in [0.2, 0.25) is 0 Å². The average molecular weight is 374 g/mol. The van der Waals surface area contributed by atoms with E-state index >= 15 is 0 Å². The van der Waals surface area contributed by atoms with Crippen LogP contribution in [0.2, 0.25) is 0 Å². The van der Waals surface area contributed by atoms with E-state index in [0.717, 1.165) is 18.3 Å². The normalized spacial score (nSPS) is 57.7. The zero-order valence-electron chi connectivity index (χ0n) is 18.0. The molecule has 1 saturated heterocycles. The largest absolute Gasteiger partial charge is 0.344 e.